The number of rotatable bonds is 2. The second-order valence-corrected chi connectivity index (χ2v) is 3.38. The van der Waals surface area contributed by atoms with Crippen molar-refractivity contribution in [3.05, 3.63) is 29.1 Å². The molecule has 0 unspecified atom stereocenters. The van der Waals surface area contributed by atoms with Gasteiger partial charge in [-0.25, -0.2) is 4.39 Å². The molecule has 1 nitrogen and oxygen atoms in total. The molecule has 0 aromatic heterocycles. The Morgan fingerprint density at radius 3 is 2.69 bits per heavy atom. The molecule has 70 valence electrons. The zero-order chi connectivity index (χ0) is 10.0. The highest BCUT2D eigenvalue weighted by atomic mass is 19.1. The molecule has 0 saturated heterocycles. The smallest absolute Gasteiger partial charge is 0.139 e. The van der Waals surface area contributed by atoms with Gasteiger partial charge in [0.05, 0.1) is 6.10 Å². The van der Waals surface area contributed by atoms with Gasteiger partial charge in [-0.05, 0) is 30.5 Å². The Balaban J connectivity index is 3.15. The Morgan fingerprint density at radius 1 is 1.54 bits per heavy atom. The van der Waals surface area contributed by atoms with E-state index in [1.165, 1.54) is 6.07 Å². The Hall–Kier alpha value is -0.825. The van der Waals surface area contributed by atoms with E-state index in [2.05, 4.69) is 0 Å². The molecule has 1 aromatic carbocycles. The van der Waals surface area contributed by atoms with Crippen LogP contribution in [0.3, 0.4) is 0 Å². The van der Waals surface area contributed by atoms with Gasteiger partial charge in [0.2, 0.25) is 0 Å². The molecule has 0 heterocycles. The van der Waals surface area contributed by atoms with Crippen LogP contribution in [0.2, 0.25) is 0 Å². The molecule has 0 fully saturated rings. The third-order valence-electron chi connectivity index (χ3n) is 2.29. The van der Waals surface area contributed by atoms with E-state index in [0.29, 0.717) is 17.5 Å². The van der Waals surface area contributed by atoms with E-state index < -0.39 is 6.10 Å². The van der Waals surface area contributed by atoms with Crippen molar-refractivity contribution in [3.63, 3.8) is 0 Å². The first-order valence-electron chi connectivity index (χ1n) is 4.51. The van der Waals surface area contributed by atoms with Crippen molar-refractivity contribution in [1.29, 1.82) is 0 Å². The lowest BCUT2D eigenvalue weighted by Crippen LogP contribution is -2.15. The van der Waals surface area contributed by atoms with Crippen LogP contribution >= 0.6 is 0 Å². The standard InChI is InChI=1S/C10H14BFO/c1-3-10(13)7-5-9(12)6(2)4-8(7)11/h4-5,10,13H,3,11H2,1-2H3/t10-/m1/s1. The minimum atomic E-state index is -0.546. The van der Waals surface area contributed by atoms with E-state index in [1.807, 2.05) is 14.8 Å². The summed E-state index contributed by atoms with van der Waals surface area (Å²) in [5, 5.41) is 9.56. The Kier molecular flexibility index (Phi) is 3.09. The summed E-state index contributed by atoms with van der Waals surface area (Å²) < 4.78 is 13.1. The largest absolute Gasteiger partial charge is 0.388 e. The van der Waals surface area contributed by atoms with Gasteiger partial charge in [0, 0.05) is 0 Å². The predicted molar refractivity (Wildman–Crippen MR) is 54.6 cm³/mol. The molecule has 0 spiro atoms. The average molecular weight is 180 g/mol. The van der Waals surface area contributed by atoms with Crippen molar-refractivity contribution in [2.75, 3.05) is 0 Å². The van der Waals surface area contributed by atoms with Crippen LogP contribution in [0.1, 0.15) is 30.6 Å². The fourth-order valence-corrected chi connectivity index (χ4v) is 1.42. The summed E-state index contributed by atoms with van der Waals surface area (Å²) in [7, 11) is 1.89. The molecule has 1 aromatic rings. The van der Waals surface area contributed by atoms with Gasteiger partial charge in [0.15, 0.2) is 0 Å². The maximum absolute atomic E-state index is 13.1. The third kappa shape index (κ3) is 2.10. The highest BCUT2D eigenvalue weighted by Gasteiger charge is 2.10. The van der Waals surface area contributed by atoms with Crippen molar-refractivity contribution in [1.82, 2.24) is 0 Å². The van der Waals surface area contributed by atoms with Gasteiger partial charge in [-0.15, -0.1) is 0 Å². The summed E-state index contributed by atoms with van der Waals surface area (Å²) in [5.41, 5.74) is 2.28. The van der Waals surface area contributed by atoms with E-state index in [9.17, 15) is 9.50 Å². The first-order chi connectivity index (χ1) is 6.06. The highest BCUT2D eigenvalue weighted by Crippen LogP contribution is 2.16. The molecule has 0 bridgehead atoms. The lowest BCUT2D eigenvalue weighted by atomic mass is 9.86. The molecule has 0 aliphatic rings. The summed E-state index contributed by atoms with van der Waals surface area (Å²) in [6, 6.07) is 3.20. The number of benzene rings is 1. The van der Waals surface area contributed by atoms with Crippen molar-refractivity contribution in [2.24, 2.45) is 0 Å². The van der Waals surface area contributed by atoms with Crippen LogP contribution in [0.25, 0.3) is 0 Å². The van der Waals surface area contributed by atoms with Crippen molar-refractivity contribution >= 4 is 13.3 Å². The van der Waals surface area contributed by atoms with Gasteiger partial charge in [-0.1, -0.05) is 18.5 Å². The molecule has 0 amide bonds. The van der Waals surface area contributed by atoms with E-state index in [4.69, 9.17) is 0 Å². The SMILES string of the molecule is Bc1cc(C)c(F)cc1[C@H](O)CC. The fourth-order valence-electron chi connectivity index (χ4n) is 1.42. The number of aryl methyl sites for hydroxylation is 1. The van der Waals surface area contributed by atoms with E-state index in [-0.39, 0.29) is 5.82 Å². The Labute approximate surface area is 79.0 Å². The summed E-state index contributed by atoms with van der Waals surface area (Å²) in [4.78, 5) is 0. The first kappa shape index (κ1) is 10.3. The Bertz CT molecular complexity index is 312. The van der Waals surface area contributed by atoms with Crippen LogP contribution < -0.4 is 5.46 Å². The number of hydrogen-bond donors (Lipinski definition) is 1. The van der Waals surface area contributed by atoms with Crippen molar-refractivity contribution in [2.45, 2.75) is 26.4 Å². The van der Waals surface area contributed by atoms with E-state index in [0.717, 1.165) is 5.46 Å². The van der Waals surface area contributed by atoms with Gasteiger partial charge in [0.1, 0.15) is 13.7 Å². The molecular weight excluding hydrogens is 166 g/mol. The minimum absolute atomic E-state index is 0.242. The van der Waals surface area contributed by atoms with E-state index >= 15 is 0 Å². The normalized spacial score (nSPS) is 12.9. The lowest BCUT2D eigenvalue weighted by molar-refractivity contribution is 0.174. The molecule has 0 saturated carbocycles. The maximum atomic E-state index is 13.1. The zero-order valence-electron chi connectivity index (χ0n) is 8.26. The lowest BCUT2D eigenvalue weighted by Gasteiger charge is -2.12. The summed E-state index contributed by atoms with van der Waals surface area (Å²) in [5.74, 6) is -0.242. The molecule has 0 aliphatic carbocycles. The molecule has 13 heavy (non-hydrogen) atoms. The molecular formula is C10H14BFO. The molecule has 0 radical (unpaired) electrons. The average Bonchev–Trinajstić information content (AvgIpc) is 2.10. The van der Waals surface area contributed by atoms with Crippen molar-refractivity contribution < 1.29 is 9.50 Å². The highest BCUT2D eigenvalue weighted by molar-refractivity contribution is 6.33. The van der Waals surface area contributed by atoms with Crippen LogP contribution in [0.15, 0.2) is 12.1 Å². The van der Waals surface area contributed by atoms with Crippen LogP contribution in [0, 0.1) is 12.7 Å². The predicted octanol–water partition coefficient (Wildman–Crippen LogP) is 0.836. The molecule has 3 heteroatoms. The molecule has 1 atom stereocenters. The van der Waals surface area contributed by atoms with Gasteiger partial charge in [-0.2, -0.15) is 0 Å². The van der Waals surface area contributed by atoms with Gasteiger partial charge in [0.25, 0.3) is 0 Å². The fraction of sp³-hybridized carbons (Fsp3) is 0.400. The second kappa shape index (κ2) is 3.92. The quantitative estimate of drug-likeness (QED) is 0.668. The number of halogens is 1. The number of aliphatic hydroxyl groups excluding tert-OH is 1. The van der Waals surface area contributed by atoms with Crippen LogP contribution in [0.5, 0.6) is 0 Å². The summed E-state index contributed by atoms with van der Waals surface area (Å²) in [6.45, 7) is 3.60. The summed E-state index contributed by atoms with van der Waals surface area (Å²) in [6.07, 6.45) is 0.0682. The van der Waals surface area contributed by atoms with Gasteiger partial charge >= 0.3 is 0 Å². The van der Waals surface area contributed by atoms with Gasteiger partial charge < -0.3 is 5.11 Å². The first-order valence-corrected chi connectivity index (χ1v) is 4.51. The second-order valence-electron chi connectivity index (χ2n) is 3.38. The number of hydrogen-bond acceptors (Lipinski definition) is 1. The maximum Gasteiger partial charge on any atom is 0.139 e. The molecule has 1 rings (SSSR count). The third-order valence-corrected chi connectivity index (χ3v) is 2.29. The minimum Gasteiger partial charge on any atom is -0.388 e. The van der Waals surface area contributed by atoms with Gasteiger partial charge in [-0.3, -0.25) is 0 Å². The Morgan fingerprint density at radius 2 is 2.15 bits per heavy atom. The molecule has 0 aliphatic heterocycles. The monoisotopic (exact) mass is 180 g/mol. The summed E-state index contributed by atoms with van der Waals surface area (Å²) >= 11 is 0. The van der Waals surface area contributed by atoms with Crippen molar-refractivity contribution in [3.8, 4) is 0 Å². The van der Waals surface area contributed by atoms with Crippen LogP contribution in [-0.2, 0) is 0 Å². The topological polar surface area (TPSA) is 20.2 Å². The van der Waals surface area contributed by atoms with Crippen LogP contribution in [0.4, 0.5) is 4.39 Å². The van der Waals surface area contributed by atoms with E-state index in [1.54, 1.807) is 13.0 Å². The van der Waals surface area contributed by atoms with Crippen LogP contribution in [-0.4, -0.2) is 13.0 Å². The molecule has 1 N–H and O–H groups in total. The number of aliphatic hydroxyl groups is 1. The zero-order valence-corrected chi connectivity index (χ0v) is 8.26.